The number of aromatic nitrogens is 1. The fourth-order valence-corrected chi connectivity index (χ4v) is 0.770. The molecule has 0 fully saturated rings. The Morgan fingerprint density at radius 3 is 2.92 bits per heavy atom. The van der Waals surface area contributed by atoms with Crippen molar-refractivity contribution in [1.29, 1.82) is 0 Å². The Bertz CT molecular complexity index is 360. The lowest BCUT2D eigenvalue weighted by atomic mass is 10.2. The van der Waals surface area contributed by atoms with Crippen LogP contribution in [0.2, 0.25) is 0 Å². The molecule has 0 unspecified atom stereocenters. The van der Waals surface area contributed by atoms with E-state index in [1.807, 2.05) is 0 Å². The first kappa shape index (κ1) is 8.28. The molecule has 60 valence electrons. The van der Waals surface area contributed by atoms with Crippen molar-refractivity contribution < 1.29 is 9.90 Å². The molecule has 1 rings (SSSR count). The molecule has 0 aliphatic heterocycles. The molecule has 0 saturated heterocycles. The van der Waals surface area contributed by atoms with Crippen LogP contribution in [-0.2, 0) is 0 Å². The van der Waals surface area contributed by atoms with E-state index in [1.54, 1.807) is 6.92 Å². The minimum Gasteiger partial charge on any atom is -0.478 e. The van der Waals surface area contributed by atoms with Gasteiger partial charge in [-0.1, -0.05) is 5.92 Å². The van der Waals surface area contributed by atoms with Gasteiger partial charge in [0.1, 0.15) is 0 Å². The molecule has 12 heavy (non-hydrogen) atoms. The molecule has 0 aliphatic rings. The molecular formula is C9H7NO2. The van der Waals surface area contributed by atoms with Crippen molar-refractivity contribution in [2.45, 2.75) is 6.92 Å². The van der Waals surface area contributed by atoms with Gasteiger partial charge in [0, 0.05) is 18.0 Å². The maximum absolute atomic E-state index is 10.5. The number of carboxylic acid groups (broad SMARTS) is 1. The van der Waals surface area contributed by atoms with Gasteiger partial charge in [0.2, 0.25) is 0 Å². The second-order valence-corrected chi connectivity index (χ2v) is 2.14. The maximum Gasteiger partial charge on any atom is 0.337 e. The molecule has 0 aromatic carbocycles. The smallest absolute Gasteiger partial charge is 0.337 e. The van der Waals surface area contributed by atoms with Crippen LogP contribution in [0, 0.1) is 11.8 Å². The quantitative estimate of drug-likeness (QED) is 0.628. The van der Waals surface area contributed by atoms with Gasteiger partial charge in [-0.3, -0.25) is 4.98 Å². The van der Waals surface area contributed by atoms with Crippen LogP contribution >= 0.6 is 0 Å². The van der Waals surface area contributed by atoms with Crippen molar-refractivity contribution in [3.8, 4) is 11.8 Å². The highest BCUT2D eigenvalue weighted by molar-refractivity contribution is 5.87. The summed E-state index contributed by atoms with van der Waals surface area (Å²) in [7, 11) is 0. The van der Waals surface area contributed by atoms with Crippen LogP contribution in [0.15, 0.2) is 18.5 Å². The minimum absolute atomic E-state index is 0.162. The number of nitrogens with zero attached hydrogens (tertiary/aromatic N) is 1. The van der Waals surface area contributed by atoms with E-state index >= 15 is 0 Å². The zero-order chi connectivity index (χ0) is 8.97. The van der Waals surface area contributed by atoms with Crippen molar-refractivity contribution in [3.63, 3.8) is 0 Å². The van der Waals surface area contributed by atoms with E-state index in [1.165, 1.54) is 18.5 Å². The first-order chi connectivity index (χ1) is 5.74. The third-order valence-electron chi connectivity index (χ3n) is 1.25. The molecule has 1 N–H and O–H groups in total. The average molecular weight is 161 g/mol. The highest BCUT2D eigenvalue weighted by Gasteiger charge is 2.01. The monoisotopic (exact) mass is 161 g/mol. The summed E-state index contributed by atoms with van der Waals surface area (Å²) in [6.45, 7) is 1.69. The summed E-state index contributed by atoms with van der Waals surface area (Å²) in [6, 6.07) is 1.49. The summed E-state index contributed by atoms with van der Waals surface area (Å²) < 4.78 is 0. The SMILES string of the molecule is CC#Cc1cncc(C(=O)O)c1. The Morgan fingerprint density at radius 2 is 2.33 bits per heavy atom. The van der Waals surface area contributed by atoms with Crippen LogP contribution in [0.25, 0.3) is 0 Å². The van der Waals surface area contributed by atoms with Crippen LogP contribution in [0.4, 0.5) is 0 Å². The van der Waals surface area contributed by atoms with Crippen molar-refractivity contribution in [3.05, 3.63) is 29.6 Å². The van der Waals surface area contributed by atoms with E-state index in [9.17, 15) is 4.79 Å². The van der Waals surface area contributed by atoms with Gasteiger partial charge in [-0.05, 0) is 13.0 Å². The summed E-state index contributed by atoms with van der Waals surface area (Å²) in [4.78, 5) is 14.2. The van der Waals surface area contributed by atoms with Gasteiger partial charge in [0.15, 0.2) is 0 Å². The number of hydrogen-bond acceptors (Lipinski definition) is 2. The Balaban J connectivity index is 3.09. The van der Waals surface area contributed by atoms with Crippen molar-refractivity contribution in [2.75, 3.05) is 0 Å². The predicted molar refractivity (Wildman–Crippen MR) is 43.7 cm³/mol. The van der Waals surface area contributed by atoms with Crippen LogP contribution < -0.4 is 0 Å². The maximum atomic E-state index is 10.5. The van der Waals surface area contributed by atoms with Crippen molar-refractivity contribution in [2.24, 2.45) is 0 Å². The van der Waals surface area contributed by atoms with Crippen LogP contribution in [0.5, 0.6) is 0 Å². The minimum atomic E-state index is -0.984. The first-order valence-electron chi connectivity index (χ1n) is 3.35. The van der Waals surface area contributed by atoms with E-state index < -0.39 is 5.97 Å². The van der Waals surface area contributed by atoms with E-state index in [0.717, 1.165) is 0 Å². The van der Waals surface area contributed by atoms with Gasteiger partial charge in [-0.25, -0.2) is 4.79 Å². The Kier molecular flexibility index (Phi) is 2.44. The summed E-state index contributed by atoms with van der Waals surface area (Å²) in [5, 5.41) is 8.59. The second-order valence-electron chi connectivity index (χ2n) is 2.14. The largest absolute Gasteiger partial charge is 0.478 e. The van der Waals surface area contributed by atoms with Gasteiger partial charge in [0.25, 0.3) is 0 Å². The Hall–Kier alpha value is -1.82. The van der Waals surface area contributed by atoms with Crippen LogP contribution in [-0.4, -0.2) is 16.1 Å². The molecular weight excluding hydrogens is 154 g/mol. The molecule has 0 spiro atoms. The lowest BCUT2D eigenvalue weighted by molar-refractivity contribution is 0.0696. The Labute approximate surface area is 70.1 Å². The standard InChI is InChI=1S/C9H7NO2/c1-2-3-7-4-8(9(11)12)6-10-5-7/h4-6H,1H3,(H,11,12). The van der Waals surface area contributed by atoms with Crippen molar-refractivity contribution in [1.82, 2.24) is 4.98 Å². The zero-order valence-electron chi connectivity index (χ0n) is 6.53. The molecule has 1 heterocycles. The third-order valence-corrected chi connectivity index (χ3v) is 1.25. The van der Waals surface area contributed by atoms with E-state index in [0.29, 0.717) is 5.56 Å². The molecule has 0 bridgehead atoms. The predicted octanol–water partition coefficient (Wildman–Crippen LogP) is 1.15. The summed E-state index contributed by atoms with van der Waals surface area (Å²) in [5.41, 5.74) is 0.785. The number of carbonyl (C=O) groups is 1. The van der Waals surface area contributed by atoms with E-state index in [-0.39, 0.29) is 5.56 Å². The number of pyridine rings is 1. The molecule has 3 nitrogen and oxygen atoms in total. The summed E-state index contributed by atoms with van der Waals surface area (Å²) >= 11 is 0. The molecule has 0 amide bonds. The van der Waals surface area contributed by atoms with Gasteiger partial charge in [0.05, 0.1) is 5.56 Å². The van der Waals surface area contributed by atoms with Crippen LogP contribution in [0.3, 0.4) is 0 Å². The number of aromatic carboxylic acids is 1. The molecule has 1 aromatic heterocycles. The zero-order valence-corrected chi connectivity index (χ0v) is 6.53. The van der Waals surface area contributed by atoms with Crippen LogP contribution in [0.1, 0.15) is 22.8 Å². The molecule has 0 saturated carbocycles. The summed E-state index contributed by atoms with van der Waals surface area (Å²) in [6.07, 6.45) is 2.83. The normalized spacial score (nSPS) is 8.42. The molecule has 0 atom stereocenters. The second kappa shape index (κ2) is 3.54. The highest BCUT2D eigenvalue weighted by atomic mass is 16.4. The van der Waals surface area contributed by atoms with E-state index in [2.05, 4.69) is 16.8 Å². The molecule has 0 radical (unpaired) electrons. The molecule has 3 heteroatoms. The fourth-order valence-electron chi connectivity index (χ4n) is 0.770. The average Bonchev–Trinajstić information content (AvgIpc) is 2.05. The third kappa shape index (κ3) is 1.83. The number of carboxylic acids is 1. The van der Waals surface area contributed by atoms with Gasteiger partial charge < -0.3 is 5.11 Å². The van der Waals surface area contributed by atoms with E-state index in [4.69, 9.17) is 5.11 Å². The lowest BCUT2D eigenvalue weighted by Crippen LogP contribution is -1.97. The first-order valence-corrected chi connectivity index (χ1v) is 3.35. The van der Waals surface area contributed by atoms with Gasteiger partial charge >= 0.3 is 5.97 Å². The Morgan fingerprint density at radius 1 is 1.58 bits per heavy atom. The highest BCUT2D eigenvalue weighted by Crippen LogP contribution is 2.00. The van der Waals surface area contributed by atoms with Gasteiger partial charge in [-0.15, -0.1) is 5.92 Å². The van der Waals surface area contributed by atoms with Gasteiger partial charge in [-0.2, -0.15) is 0 Å². The fraction of sp³-hybridized carbons (Fsp3) is 0.111. The molecule has 1 aromatic rings. The molecule has 0 aliphatic carbocycles. The van der Waals surface area contributed by atoms with Crippen molar-refractivity contribution >= 4 is 5.97 Å². The number of hydrogen-bond donors (Lipinski definition) is 1. The lowest BCUT2D eigenvalue weighted by Gasteiger charge is -1.92. The topological polar surface area (TPSA) is 50.2 Å². The summed E-state index contributed by atoms with van der Waals surface area (Å²) in [5.74, 6) is 4.41. The number of rotatable bonds is 1.